The van der Waals surface area contributed by atoms with Crippen molar-refractivity contribution < 1.29 is 0 Å². The van der Waals surface area contributed by atoms with Crippen molar-refractivity contribution in [2.75, 3.05) is 11.4 Å². The summed E-state index contributed by atoms with van der Waals surface area (Å²) in [4.78, 5) is 6.85. The van der Waals surface area contributed by atoms with Crippen molar-refractivity contribution in [3.63, 3.8) is 0 Å². The third-order valence-electron chi connectivity index (χ3n) is 3.66. The van der Waals surface area contributed by atoms with Crippen LogP contribution in [0.5, 0.6) is 0 Å². The molecule has 1 saturated carbocycles. The minimum atomic E-state index is 0.0385. The lowest BCUT2D eigenvalue weighted by atomic mass is 9.94. The predicted molar refractivity (Wildman–Crippen MR) is 75.1 cm³/mol. The summed E-state index contributed by atoms with van der Waals surface area (Å²) in [5, 5.41) is 7.47. The average Bonchev–Trinajstić information content (AvgIpc) is 2.41. The second kappa shape index (κ2) is 5.85. The molecule has 2 rings (SSSR count). The summed E-state index contributed by atoms with van der Waals surface area (Å²) in [5.41, 5.74) is 6.08. The molecule has 0 atom stereocenters. The molecule has 1 aliphatic carbocycles. The van der Waals surface area contributed by atoms with Gasteiger partial charge in [0.25, 0.3) is 0 Å². The largest absolute Gasteiger partial charge is 0.382 e. The summed E-state index contributed by atoms with van der Waals surface area (Å²) in [6, 6.07) is 6.34. The summed E-state index contributed by atoms with van der Waals surface area (Å²) >= 11 is 0. The number of anilines is 1. The summed E-state index contributed by atoms with van der Waals surface area (Å²) < 4.78 is 0. The van der Waals surface area contributed by atoms with Crippen molar-refractivity contribution in [2.24, 2.45) is 5.73 Å². The van der Waals surface area contributed by atoms with Crippen LogP contribution < -0.4 is 10.6 Å². The van der Waals surface area contributed by atoms with E-state index >= 15 is 0 Å². The van der Waals surface area contributed by atoms with Crippen molar-refractivity contribution in [1.29, 1.82) is 5.41 Å². The zero-order valence-corrected chi connectivity index (χ0v) is 11.0. The van der Waals surface area contributed by atoms with Crippen molar-refractivity contribution in [3.8, 4) is 0 Å². The fourth-order valence-corrected chi connectivity index (χ4v) is 2.73. The molecule has 0 aliphatic heterocycles. The molecule has 1 heterocycles. The van der Waals surface area contributed by atoms with Crippen LogP contribution >= 0.6 is 0 Å². The first-order valence-electron chi connectivity index (χ1n) is 6.80. The molecule has 0 unspecified atom stereocenters. The maximum atomic E-state index is 7.47. The molecule has 0 spiro atoms. The first-order valence-corrected chi connectivity index (χ1v) is 6.80. The molecule has 0 aromatic carbocycles. The minimum absolute atomic E-state index is 0.0385. The summed E-state index contributed by atoms with van der Waals surface area (Å²) in [7, 11) is 0. The van der Waals surface area contributed by atoms with Gasteiger partial charge in [-0.2, -0.15) is 0 Å². The second-order valence-electron chi connectivity index (χ2n) is 4.87. The number of nitrogens with zero attached hydrogens (tertiary/aromatic N) is 2. The Bertz CT molecular complexity index is 410. The monoisotopic (exact) mass is 246 g/mol. The van der Waals surface area contributed by atoms with Crippen molar-refractivity contribution >= 4 is 11.7 Å². The molecular formula is C14H22N4. The van der Waals surface area contributed by atoms with E-state index < -0.39 is 0 Å². The molecule has 1 fully saturated rings. The van der Waals surface area contributed by atoms with Crippen LogP contribution in [0.3, 0.4) is 0 Å². The Labute approximate surface area is 109 Å². The summed E-state index contributed by atoms with van der Waals surface area (Å²) in [6.07, 6.45) is 6.48. The molecule has 0 amide bonds. The van der Waals surface area contributed by atoms with Gasteiger partial charge in [0.2, 0.25) is 0 Å². The molecule has 4 heteroatoms. The maximum Gasteiger partial charge on any atom is 0.141 e. The van der Waals surface area contributed by atoms with Gasteiger partial charge in [0.05, 0.1) is 0 Å². The Morgan fingerprint density at radius 3 is 2.72 bits per heavy atom. The van der Waals surface area contributed by atoms with Crippen LogP contribution in [0.4, 0.5) is 5.82 Å². The Balaban J connectivity index is 2.20. The average molecular weight is 246 g/mol. The molecule has 1 aromatic heterocycles. The molecule has 4 nitrogen and oxygen atoms in total. The van der Waals surface area contributed by atoms with Crippen molar-refractivity contribution in [2.45, 2.75) is 45.1 Å². The quantitative estimate of drug-likeness (QED) is 0.633. The highest BCUT2D eigenvalue weighted by molar-refractivity contribution is 5.93. The number of amidine groups is 1. The number of rotatable bonds is 4. The summed E-state index contributed by atoms with van der Waals surface area (Å²) in [5.74, 6) is 0.994. The van der Waals surface area contributed by atoms with E-state index in [0.717, 1.165) is 12.4 Å². The second-order valence-corrected chi connectivity index (χ2v) is 4.87. The topological polar surface area (TPSA) is 66.0 Å². The molecular weight excluding hydrogens is 224 g/mol. The Kier molecular flexibility index (Phi) is 4.18. The number of aromatic nitrogens is 1. The zero-order chi connectivity index (χ0) is 13.0. The Morgan fingerprint density at radius 1 is 1.39 bits per heavy atom. The van der Waals surface area contributed by atoms with E-state index in [1.54, 1.807) is 6.07 Å². The number of nitrogens with one attached hydrogen (secondary N) is 1. The normalized spacial score (nSPS) is 16.5. The molecule has 0 saturated heterocycles. The lowest BCUT2D eigenvalue weighted by molar-refractivity contribution is 0.416. The van der Waals surface area contributed by atoms with E-state index in [4.69, 9.17) is 11.1 Å². The van der Waals surface area contributed by atoms with Gasteiger partial charge in [0.1, 0.15) is 17.3 Å². The highest BCUT2D eigenvalue weighted by Gasteiger charge is 2.21. The predicted octanol–water partition coefficient (Wildman–Crippen LogP) is 2.52. The molecule has 18 heavy (non-hydrogen) atoms. The highest BCUT2D eigenvalue weighted by Crippen LogP contribution is 2.26. The van der Waals surface area contributed by atoms with E-state index in [-0.39, 0.29) is 5.84 Å². The van der Waals surface area contributed by atoms with Crippen LogP contribution in [0, 0.1) is 5.41 Å². The highest BCUT2D eigenvalue weighted by atomic mass is 15.2. The third kappa shape index (κ3) is 2.81. The van der Waals surface area contributed by atoms with E-state index in [2.05, 4.69) is 16.8 Å². The fraction of sp³-hybridized carbons (Fsp3) is 0.571. The van der Waals surface area contributed by atoms with E-state index in [9.17, 15) is 0 Å². The number of hydrogen-bond donors (Lipinski definition) is 2. The van der Waals surface area contributed by atoms with Gasteiger partial charge in [-0.05, 0) is 31.9 Å². The van der Waals surface area contributed by atoms with Crippen LogP contribution in [0.25, 0.3) is 0 Å². The van der Waals surface area contributed by atoms with Gasteiger partial charge in [-0.15, -0.1) is 0 Å². The van der Waals surface area contributed by atoms with Crippen molar-refractivity contribution in [1.82, 2.24) is 4.98 Å². The van der Waals surface area contributed by atoms with Gasteiger partial charge >= 0.3 is 0 Å². The Morgan fingerprint density at radius 2 is 2.11 bits per heavy atom. The van der Waals surface area contributed by atoms with E-state index in [0.29, 0.717) is 11.7 Å². The third-order valence-corrected chi connectivity index (χ3v) is 3.66. The molecule has 98 valence electrons. The zero-order valence-electron chi connectivity index (χ0n) is 11.0. The van der Waals surface area contributed by atoms with Gasteiger partial charge in [-0.25, -0.2) is 4.98 Å². The van der Waals surface area contributed by atoms with Gasteiger partial charge < -0.3 is 10.6 Å². The molecule has 3 N–H and O–H groups in total. The van der Waals surface area contributed by atoms with Crippen LogP contribution in [-0.2, 0) is 0 Å². The van der Waals surface area contributed by atoms with E-state index in [1.165, 1.54) is 32.1 Å². The SMILES string of the molecule is CCN(c1cccc(C(=N)N)n1)C1CCCCC1. The maximum absolute atomic E-state index is 7.47. The number of hydrogen-bond acceptors (Lipinski definition) is 3. The van der Waals surface area contributed by atoms with Gasteiger partial charge in [0, 0.05) is 12.6 Å². The molecule has 0 radical (unpaired) electrons. The molecule has 1 aliphatic rings. The number of nitrogens with two attached hydrogens (primary N) is 1. The summed E-state index contributed by atoms with van der Waals surface area (Å²) in [6.45, 7) is 3.12. The lowest BCUT2D eigenvalue weighted by Gasteiger charge is -2.34. The van der Waals surface area contributed by atoms with Crippen LogP contribution in [0.2, 0.25) is 0 Å². The first kappa shape index (κ1) is 12.9. The van der Waals surface area contributed by atoms with Gasteiger partial charge in [-0.1, -0.05) is 25.3 Å². The number of nitrogen functional groups attached to an aromatic ring is 1. The van der Waals surface area contributed by atoms with Crippen LogP contribution in [-0.4, -0.2) is 23.4 Å². The standard InChI is InChI=1S/C14H22N4/c1-2-18(11-7-4-3-5-8-11)13-10-6-9-12(17-13)14(15)16/h6,9-11H,2-5,7-8H2,1H3,(H3,15,16). The van der Waals surface area contributed by atoms with Gasteiger partial charge in [0.15, 0.2) is 0 Å². The lowest BCUT2D eigenvalue weighted by Crippen LogP contribution is -2.37. The minimum Gasteiger partial charge on any atom is -0.382 e. The van der Waals surface area contributed by atoms with E-state index in [1.807, 2.05) is 12.1 Å². The first-order chi connectivity index (χ1) is 8.72. The van der Waals surface area contributed by atoms with Crippen molar-refractivity contribution in [3.05, 3.63) is 23.9 Å². The Hall–Kier alpha value is -1.58. The smallest absolute Gasteiger partial charge is 0.141 e. The van der Waals surface area contributed by atoms with Crippen LogP contribution in [0.1, 0.15) is 44.7 Å². The van der Waals surface area contributed by atoms with Crippen LogP contribution in [0.15, 0.2) is 18.2 Å². The number of pyridine rings is 1. The van der Waals surface area contributed by atoms with Gasteiger partial charge in [-0.3, -0.25) is 5.41 Å². The molecule has 0 bridgehead atoms. The fourth-order valence-electron chi connectivity index (χ4n) is 2.73. The molecule has 1 aromatic rings.